The first-order valence-electron chi connectivity index (χ1n) is 14.4. The fourth-order valence-corrected chi connectivity index (χ4v) is 6.13. The summed E-state index contributed by atoms with van der Waals surface area (Å²) in [6, 6.07) is 22.2. The van der Waals surface area contributed by atoms with Crippen LogP contribution in [0.25, 0.3) is 11.3 Å². The number of nitrogens with zero attached hydrogens (tertiary/aromatic N) is 4. The fraction of sp³-hybridized carbons (Fsp3) is 0.294. The molecule has 4 aromatic rings. The molecular formula is C34H37N5O3S. The van der Waals surface area contributed by atoms with Crippen LogP contribution >= 0.6 is 11.8 Å². The molecule has 1 saturated heterocycles. The number of amides is 2. The van der Waals surface area contributed by atoms with E-state index in [9.17, 15) is 14.4 Å². The van der Waals surface area contributed by atoms with E-state index in [2.05, 4.69) is 5.32 Å². The number of aryl methyl sites for hydroxylation is 1. The molecule has 0 saturated carbocycles. The van der Waals surface area contributed by atoms with Crippen molar-refractivity contribution in [2.75, 3.05) is 34.8 Å². The zero-order chi connectivity index (χ0) is 30.7. The van der Waals surface area contributed by atoms with Gasteiger partial charge in [-0.1, -0.05) is 30.3 Å². The lowest BCUT2D eigenvalue weighted by Gasteiger charge is -2.37. The van der Waals surface area contributed by atoms with Gasteiger partial charge in [0.1, 0.15) is 0 Å². The topological polar surface area (TPSA) is 87.5 Å². The molecule has 0 unspecified atom stereocenters. The molecule has 1 aliphatic rings. The van der Waals surface area contributed by atoms with Gasteiger partial charge in [0.2, 0.25) is 0 Å². The smallest absolute Gasteiger partial charge is 0.293 e. The zero-order valence-electron chi connectivity index (χ0n) is 25.3. The van der Waals surface area contributed by atoms with Gasteiger partial charge in [-0.05, 0) is 75.7 Å². The lowest BCUT2D eigenvalue weighted by molar-refractivity contribution is 0.0772. The van der Waals surface area contributed by atoms with Crippen LogP contribution in [0, 0.1) is 6.92 Å². The predicted molar refractivity (Wildman–Crippen MR) is 176 cm³/mol. The monoisotopic (exact) mass is 595 g/mol. The molecule has 222 valence electrons. The molecule has 3 aromatic carbocycles. The summed E-state index contributed by atoms with van der Waals surface area (Å²) in [5.74, 6) is 2.01. The first-order valence-corrected chi connectivity index (χ1v) is 15.5. The summed E-state index contributed by atoms with van der Waals surface area (Å²) in [6.45, 7) is 9.51. The second-order valence-electron chi connectivity index (χ2n) is 11.6. The van der Waals surface area contributed by atoms with Crippen molar-refractivity contribution < 1.29 is 9.59 Å². The zero-order valence-corrected chi connectivity index (χ0v) is 26.1. The minimum absolute atomic E-state index is 0.0216. The van der Waals surface area contributed by atoms with Crippen molar-refractivity contribution in [3.05, 3.63) is 106 Å². The van der Waals surface area contributed by atoms with Crippen LogP contribution < -0.4 is 15.8 Å². The van der Waals surface area contributed by atoms with Gasteiger partial charge in [-0.25, -0.2) is 4.98 Å². The second-order valence-corrected chi connectivity index (χ2v) is 12.8. The summed E-state index contributed by atoms with van der Waals surface area (Å²) in [4.78, 5) is 48.1. The Morgan fingerprint density at radius 3 is 2.23 bits per heavy atom. The van der Waals surface area contributed by atoms with E-state index in [4.69, 9.17) is 4.98 Å². The van der Waals surface area contributed by atoms with Crippen LogP contribution in [0.1, 0.15) is 47.1 Å². The molecule has 2 amide bonds. The van der Waals surface area contributed by atoms with Gasteiger partial charge in [-0.3, -0.25) is 14.4 Å². The van der Waals surface area contributed by atoms with Crippen LogP contribution in [-0.4, -0.2) is 56.4 Å². The summed E-state index contributed by atoms with van der Waals surface area (Å²) in [5, 5.41) is 3.15. The van der Waals surface area contributed by atoms with Crippen molar-refractivity contribution in [3.8, 4) is 11.3 Å². The van der Waals surface area contributed by atoms with Crippen LogP contribution in [-0.2, 0) is 7.05 Å². The highest BCUT2D eigenvalue weighted by atomic mass is 32.2. The Balaban J connectivity index is 1.46. The van der Waals surface area contributed by atoms with Crippen LogP contribution in [0.4, 0.5) is 17.2 Å². The van der Waals surface area contributed by atoms with Gasteiger partial charge in [-0.2, -0.15) is 11.8 Å². The minimum Gasteiger partial charge on any atom is -0.337 e. The fourth-order valence-electron chi connectivity index (χ4n) is 5.23. The number of hydrogen-bond donors (Lipinski definition) is 1. The highest BCUT2D eigenvalue weighted by molar-refractivity contribution is 7.99. The molecule has 1 aromatic heterocycles. The van der Waals surface area contributed by atoms with Crippen molar-refractivity contribution in [2.24, 2.45) is 7.05 Å². The van der Waals surface area contributed by atoms with Gasteiger partial charge in [0.05, 0.1) is 5.69 Å². The van der Waals surface area contributed by atoms with Crippen molar-refractivity contribution in [3.63, 3.8) is 0 Å². The molecule has 2 heterocycles. The summed E-state index contributed by atoms with van der Waals surface area (Å²) < 4.78 is 1.50. The summed E-state index contributed by atoms with van der Waals surface area (Å²) in [5.41, 5.74) is 4.16. The molecule has 1 N–H and O–H groups in total. The standard InChI is InChI=1S/C34H37N5O3S/c1-23-27(12-9-13-29(23)39(34(2,3)4)32(41)24-10-7-6-8-11-24)28-22-37(5)33(42)30(36-28)35-26-16-14-25(15-17-26)31(40)38-18-20-43-21-19-38/h6-17,22H,18-21H2,1-5H3,(H,35,36). The quantitative estimate of drug-likeness (QED) is 0.289. The van der Waals surface area contributed by atoms with E-state index in [1.54, 1.807) is 37.5 Å². The van der Waals surface area contributed by atoms with Crippen molar-refractivity contribution in [1.29, 1.82) is 0 Å². The third-order valence-corrected chi connectivity index (χ3v) is 8.42. The van der Waals surface area contributed by atoms with E-state index >= 15 is 0 Å². The Labute approximate surface area is 256 Å². The molecule has 43 heavy (non-hydrogen) atoms. The summed E-state index contributed by atoms with van der Waals surface area (Å²) >= 11 is 1.86. The van der Waals surface area contributed by atoms with E-state index < -0.39 is 5.54 Å². The van der Waals surface area contributed by atoms with E-state index in [-0.39, 0.29) is 23.2 Å². The molecule has 9 heteroatoms. The molecular weight excluding hydrogens is 558 g/mol. The predicted octanol–water partition coefficient (Wildman–Crippen LogP) is 6.13. The number of nitrogens with one attached hydrogen (secondary N) is 1. The minimum atomic E-state index is -0.500. The number of carbonyl (C=O) groups excluding carboxylic acids is 2. The van der Waals surface area contributed by atoms with Gasteiger partial charge in [0.25, 0.3) is 17.4 Å². The van der Waals surface area contributed by atoms with Gasteiger partial charge < -0.3 is 19.7 Å². The molecule has 0 atom stereocenters. The first kappa shape index (κ1) is 30.1. The van der Waals surface area contributed by atoms with Gasteiger partial charge in [0.15, 0.2) is 5.82 Å². The van der Waals surface area contributed by atoms with Gasteiger partial charge >= 0.3 is 0 Å². The van der Waals surface area contributed by atoms with E-state index in [0.29, 0.717) is 22.5 Å². The highest BCUT2D eigenvalue weighted by Crippen LogP contribution is 2.34. The Morgan fingerprint density at radius 2 is 1.58 bits per heavy atom. The number of rotatable bonds is 6. The number of anilines is 3. The van der Waals surface area contributed by atoms with Crippen LogP contribution in [0.3, 0.4) is 0 Å². The Kier molecular flexibility index (Phi) is 8.73. The Bertz CT molecular complexity index is 1690. The average Bonchev–Trinajstić information content (AvgIpc) is 3.00. The normalized spacial score (nSPS) is 13.5. The maximum atomic E-state index is 13.7. The third-order valence-electron chi connectivity index (χ3n) is 7.48. The van der Waals surface area contributed by atoms with Crippen LogP contribution in [0.2, 0.25) is 0 Å². The van der Waals surface area contributed by atoms with E-state index in [1.807, 2.05) is 97.8 Å². The average molecular weight is 596 g/mol. The molecule has 0 aliphatic carbocycles. The molecule has 0 radical (unpaired) electrons. The summed E-state index contributed by atoms with van der Waals surface area (Å²) in [6.07, 6.45) is 1.71. The van der Waals surface area contributed by atoms with Crippen LogP contribution in [0.5, 0.6) is 0 Å². The molecule has 1 aliphatic heterocycles. The number of hydrogen-bond acceptors (Lipinski definition) is 6. The lowest BCUT2D eigenvalue weighted by atomic mass is 9.97. The van der Waals surface area contributed by atoms with Crippen molar-refractivity contribution in [1.82, 2.24) is 14.5 Å². The largest absolute Gasteiger partial charge is 0.337 e. The highest BCUT2D eigenvalue weighted by Gasteiger charge is 2.31. The number of thioether (sulfide) groups is 1. The van der Waals surface area contributed by atoms with E-state index in [1.165, 1.54) is 4.57 Å². The third kappa shape index (κ3) is 6.51. The van der Waals surface area contributed by atoms with E-state index in [0.717, 1.165) is 41.4 Å². The van der Waals surface area contributed by atoms with Gasteiger partial charge in [0, 0.05) is 71.4 Å². The number of benzene rings is 3. The molecule has 0 bridgehead atoms. The molecule has 1 fully saturated rings. The van der Waals surface area contributed by atoms with Crippen molar-refractivity contribution in [2.45, 2.75) is 33.2 Å². The second kappa shape index (κ2) is 12.5. The SMILES string of the molecule is Cc1c(-c2cn(C)c(=O)c(Nc3ccc(C(=O)N4CCSCC4)cc3)n2)cccc1N(C(=O)c1ccccc1)C(C)(C)C. The maximum absolute atomic E-state index is 13.7. The first-order chi connectivity index (χ1) is 20.5. The van der Waals surface area contributed by atoms with Gasteiger partial charge in [-0.15, -0.1) is 0 Å². The number of aromatic nitrogens is 2. The Morgan fingerprint density at radius 1 is 0.907 bits per heavy atom. The lowest BCUT2D eigenvalue weighted by Crippen LogP contribution is -2.46. The number of carbonyl (C=O) groups is 2. The van der Waals surface area contributed by atoms with Crippen molar-refractivity contribution >= 4 is 40.8 Å². The summed E-state index contributed by atoms with van der Waals surface area (Å²) in [7, 11) is 1.69. The Hall–Kier alpha value is -4.37. The molecule has 5 rings (SSSR count). The molecule has 8 nitrogen and oxygen atoms in total. The maximum Gasteiger partial charge on any atom is 0.293 e. The molecule has 0 spiro atoms. The van der Waals surface area contributed by atoms with Crippen LogP contribution in [0.15, 0.2) is 83.8 Å².